The molecule has 1 amide bonds. The first-order chi connectivity index (χ1) is 9.88. The fourth-order valence-electron chi connectivity index (χ4n) is 1.63. The van der Waals surface area contributed by atoms with Gasteiger partial charge in [0.15, 0.2) is 0 Å². The summed E-state index contributed by atoms with van der Waals surface area (Å²) in [6.07, 6.45) is 0. The zero-order chi connectivity index (χ0) is 15.6. The van der Waals surface area contributed by atoms with Gasteiger partial charge in [0.1, 0.15) is 5.69 Å². The number of carbonyl (C=O) groups excluding carboxylic acids is 1. The average molecular weight is 481 g/mol. The molecule has 0 radical (unpaired) electrons. The van der Waals surface area contributed by atoms with E-state index in [9.17, 15) is 14.9 Å². The van der Waals surface area contributed by atoms with Gasteiger partial charge >= 0.3 is 0 Å². The number of nitrogens with zero attached hydrogens (tertiary/aromatic N) is 1. The molecule has 21 heavy (non-hydrogen) atoms. The van der Waals surface area contributed by atoms with Crippen molar-refractivity contribution in [2.45, 2.75) is 0 Å². The summed E-state index contributed by atoms with van der Waals surface area (Å²) in [5, 5.41) is 13.8. The van der Waals surface area contributed by atoms with Crippen LogP contribution < -0.4 is 5.32 Å². The summed E-state index contributed by atoms with van der Waals surface area (Å²) in [6, 6.07) is 9.25. The van der Waals surface area contributed by atoms with Crippen molar-refractivity contribution in [2.75, 3.05) is 5.32 Å². The molecule has 8 heteroatoms. The number of benzene rings is 2. The largest absolute Gasteiger partial charge is 0.316 e. The van der Waals surface area contributed by atoms with Crippen LogP contribution in [0.4, 0.5) is 11.4 Å². The van der Waals surface area contributed by atoms with Crippen LogP contribution in [0.2, 0.25) is 5.02 Å². The Hall–Kier alpha value is -1.19. The third kappa shape index (κ3) is 3.92. The minimum absolute atomic E-state index is 0.0586. The number of nitrogens with one attached hydrogen (secondary N) is 1. The van der Waals surface area contributed by atoms with Gasteiger partial charge in [0.05, 0.1) is 10.5 Å². The molecule has 0 aliphatic heterocycles. The first-order valence-corrected chi connectivity index (χ1v) is 7.84. The molecule has 5 nitrogen and oxygen atoms in total. The smallest absolute Gasteiger partial charge is 0.292 e. The number of hydrogen-bond donors (Lipinski definition) is 1. The van der Waals surface area contributed by atoms with Gasteiger partial charge in [0, 0.05) is 19.1 Å². The number of nitro groups is 1. The molecule has 0 aliphatic rings. The molecular weight excluding hydrogens is 474 g/mol. The first kappa shape index (κ1) is 16.2. The Kier molecular flexibility index (Phi) is 5.17. The van der Waals surface area contributed by atoms with Crippen molar-refractivity contribution in [3.05, 3.63) is 65.1 Å². The standard InChI is InChI=1S/C13H7BrClIN2O3/c14-10-3-2-8(16)6-9(10)13(19)17-11-5-7(15)1-4-12(11)18(20)21/h1-6H,(H,17,19). The number of anilines is 1. The number of amides is 1. The van der Waals surface area contributed by atoms with Crippen LogP contribution in [0.25, 0.3) is 0 Å². The van der Waals surface area contributed by atoms with Crippen molar-refractivity contribution in [3.8, 4) is 0 Å². The molecule has 0 aromatic heterocycles. The summed E-state index contributed by atoms with van der Waals surface area (Å²) in [6.45, 7) is 0. The van der Waals surface area contributed by atoms with Crippen molar-refractivity contribution in [2.24, 2.45) is 0 Å². The van der Waals surface area contributed by atoms with E-state index in [4.69, 9.17) is 11.6 Å². The minimum Gasteiger partial charge on any atom is -0.316 e. The predicted octanol–water partition coefficient (Wildman–Crippen LogP) is 4.87. The predicted molar refractivity (Wildman–Crippen MR) is 92.9 cm³/mol. The van der Waals surface area contributed by atoms with Gasteiger partial charge < -0.3 is 5.32 Å². The van der Waals surface area contributed by atoms with Gasteiger partial charge in [-0.15, -0.1) is 0 Å². The third-order valence-electron chi connectivity index (χ3n) is 2.58. The van der Waals surface area contributed by atoms with Crippen LogP contribution in [-0.4, -0.2) is 10.8 Å². The zero-order valence-electron chi connectivity index (χ0n) is 10.3. The zero-order valence-corrected chi connectivity index (χ0v) is 14.8. The van der Waals surface area contributed by atoms with Crippen LogP contribution in [0, 0.1) is 13.7 Å². The summed E-state index contributed by atoms with van der Waals surface area (Å²) in [7, 11) is 0. The normalized spacial score (nSPS) is 10.2. The van der Waals surface area contributed by atoms with Crippen molar-refractivity contribution < 1.29 is 9.72 Å². The van der Waals surface area contributed by atoms with Crippen molar-refractivity contribution in [1.29, 1.82) is 0 Å². The maximum atomic E-state index is 12.3. The summed E-state index contributed by atoms with van der Waals surface area (Å²) in [5.74, 6) is -0.453. The Labute approximate surface area is 147 Å². The van der Waals surface area contributed by atoms with Crippen LogP contribution in [0.5, 0.6) is 0 Å². The molecule has 0 saturated heterocycles. The van der Waals surface area contributed by atoms with Crippen LogP contribution in [0.3, 0.4) is 0 Å². The number of carbonyl (C=O) groups is 1. The highest BCUT2D eigenvalue weighted by Crippen LogP contribution is 2.29. The second-order valence-electron chi connectivity index (χ2n) is 4.00. The van der Waals surface area contributed by atoms with E-state index in [2.05, 4.69) is 43.8 Å². The molecule has 0 fully saturated rings. The molecule has 2 aromatic rings. The van der Waals surface area contributed by atoms with Gasteiger partial charge in [-0.2, -0.15) is 0 Å². The summed E-state index contributed by atoms with van der Waals surface area (Å²) < 4.78 is 1.48. The summed E-state index contributed by atoms with van der Waals surface area (Å²) >= 11 is 11.2. The summed E-state index contributed by atoms with van der Waals surface area (Å²) in [4.78, 5) is 22.7. The quantitative estimate of drug-likeness (QED) is 0.386. The van der Waals surface area contributed by atoms with E-state index in [1.165, 1.54) is 18.2 Å². The second-order valence-corrected chi connectivity index (χ2v) is 6.53. The van der Waals surface area contributed by atoms with Crippen molar-refractivity contribution in [3.63, 3.8) is 0 Å². The van der Waals surface area contributed by atoms with E-state index >= 15 is 0 Å². The minimum atomic E-state index is -0.574. The molecular formula is C13H7BrClIN2O3. The molecule has 0 spiro atoms. The second kappa shape index (κ2) is 6.71. The molecule has 0 aliphatic carbocycles. The molecule has 108 valence electrons. The van der Waals surface area contributed by atoms with Gasteiger partial charge in [-0.1, -0.05) is 11.6 Å². The number of hydrogen-bond acceptors (Lipinski definition) is 3. The third-order valence-corrected chi connectivity index (χ3v) is 4.17. The van der Waals surface area contributed by atoms with Crippen molar-refractivity contribution >= 4 is 67.4 Å². The average Bonchev–Trinajstić information content (AvgIpc) is 2.41. The van der Waals surface area contributed by atoms with E-state index in [0.717, 1.165) is 3.57 Å². The fraction of sp³-hybridized carbons (Fsp3) is 0. The van der Waals surface area contributed by atoms with E-state index < -0.39 is 10.8 Å². The van der Waals surface area contributed by atoms with Crippen molar-refractivity contribution in [1.82, 2.24) is 0 Å². The molecule has 0 saturated carbocycles. The Morgan fingerprint density at radius 2 is 2.00 bits per heavy atom. The monoisotopic (exact) mass is 480 g/mol. The van der Waals surface area contributed by atoms with E-state index in [-0.39, 0.29) is 11.4 Å². The Bertz CT molecular complexity index is 739. The number of halogens is 3. The molecule has 1 N–H and O–H groups in total. The van der Waals surface area contributed by atoms with Crippen LogP contribution >= 0.6 is 50.1 Å². The Morgan fingerprint density at radius 1 is 1.29 bits per heavy atom. The first-order valence-electron chi connectivity index (χ1n) is 5.59. The van der Waals surface area contributed by atoms with Gasteiger partial charge in [0.25, 0.3) is 11.6 Å². The fourth-order valence-corrected chi connectivity index (χ4v) is 2.72. The van der Waals surface area contributed by atoms with E-state index in [1.807, 2.05) is 6.07 Å². The van der Waals surface area contributed by atoms with Crippen LogP contribution in [0.1, 0.15) is 10.4 Å². The Balaban J connectivity index is 2.38. The lowest BCUT2D eigenvalue weighted by Crippen LogP contribution is -2.14. The molecule has 2 aromatic carbocycles. The van der Waals surface area contributed by atoms with Gasteiger partial charge in [-0.3, -0.25) is 14.9 Å². The maximum Gasteiger partial charge on any atom is 0.292 e. The van der Waals surface area contributed by atoms with Crippen LogP contribution in [-0.2, 0) is 0 Å². The van der Waals surface area contributed by atoms with Crippen LogP contribution in [0.15, 0.2) is 40.9 Å². The molecule has 0 atom stereocenters. The number of rotatable bonds is 3. The molecule has 0 heterocycles. The highest BCUT2D eigenvalue weighted by atomic mass is 127. The van der Waals surface area contributed by atoms with Gasteiger partial charge in [-0.25, -0.2) is 0 Å². The Morgan fingerprint density at radius 3 is 2.67 bits per heavy atom. The topological polar surface area (TPSA) is 72.2 Å². The molecule has 2 rings (SSSR count). The molecule has 0 unspecified atom stereocenters. The highest BCUT2D eigenvalue weighted by molar-refractivity contribution is 14.1. The maximum absolute atomic E-state index is 12.3. The molecule has 0 bridgehead atoms. The van der Waals surface area contributed by atoms with E-state index in [1.54, 1.807) is 12.1 Å². The van der Waals surface area contributed by atoms with Gasteiger partial charge in [-0.05, 0) is 68.9 Å². The highest BCUT2D eigenvalue weighted by Gasteiger charge is 2.18. The lowest BCUT2D eigenvalue weighted by molar-refractivity contribution is -0.383. The summed E-state index contributed by atoms with van der Waals surface area (Å²) in [5.41, 5.74) is 0.230. The lowest BCUT2D eigenvalue weighted by Gasteiger charge is -2.08. The van der Waals surface area contributed by atoms with E-state index in [0.29, 0.717) is 15.1 Å². The lowest BCUT2D eigenvalue weighted by atomic mass is 10.2. The SMILES string of the molecule is O=C(Nc1cc(Cl)ccc1[N+](=O)[O-])c1cc(I)ccc1Br. The van der Waals surface area contributed by atoms with Gasteiger partial charge in [0.2, 0.25) is 0 Å². The number of nitro benzene ring substituents is 1.